The summed E-state index contributed by atoms with van der Waals surface area (Å²) in [7, 11) is -2.74. The Morgan fingerprint density at radius 1 is 1.13 bits per heavy atom. The molecule has 0 aromatic heterocycles. The van der Waals surface area contributed by atoms with E-state index in [2.05, 4.69) is 0 Å². The number of ketones is 1. The number of alkyl halides is 1. The number of hydrogen-bond acceptors (Lipinski definition) is 7. The van der Waals surface area contributed by atoms with Crippen molar-refractivity contribution in [3.05, 3.63) is 47.5 Å². The van der Waals surface area contributed by atoms with Gasteiger partial charge in [0, 0.05) is 6.42 Å². The summed E-state index contributed by atoms with van der Waals surface area (Å²) in [6, 6.07) is 10.2. The van der Waals surface area contributed by atoms with E-state index in [4.69, 9.17) is 20.5 Å². The first-order chi connectivity index (χ1) is 14.9. The van der Waals surface area contributed by atoms with Crippen LogP contribution >= 0.6 is 0 Å². The van der Waals surface area contributed by atoms with E-state index in [-0.39, 0.29) is 18.1 Å². The van der Waals surface area contributed by atoms with E-state index in [1.54, 1.807) is 24.3 Å². The number of ether oxygens (including phenoxy) is 1. The van der Waals surface area contributed by atoms with Crippen molar-refractivity contribution in [2.24, 2.45) is 0 Å². The van der Waals surface area contributed by atoms with Crippen LogP contribution in [0.25, 0.3) is 0 Å². The predicted molar refractivity (Wildman–Crippen MR) is 112 cm³/mol. The van der Waals surface area contributed by atoms with E-state index >= 15 is 0 Å². The van der Waals surface area contributed by atoms with Crippen molar-refractivity contribution in [3.63, 3.8) is 0 Å². The Balaban J connectivity index is 0.000000209. The maximum atomic E-state index is 11.3. The molecule has 0 amide bonds. The van der Waals surface area contributed by atoms with E-state index in [1.807, 2.05) is 13.0 Å². The van der Waals surface area contributed by atoms with Gasteiger partial charge in [-0.25, -0.2) is 0 Å². The fourth-order valence-electron chi connectivity index (χ4n) is 3.00. The van der Waals surface area contributed by atoms with E-state index in [0.29, 0.717) is 30.8 Å². The van der Waals surface area contributed by atoms with Gasteiger partial charge in [0.25, 0.3) is 0 Å². The molecule has 0 atom stereocenters. The average molecular weight is 419 g/mol. The Labute approximate surface area is 177 Å². The summed E-state index contributed by atoms with van der Waals surface area (Å²) in [6.45, 7) is 2.90. The number of aromatic hydroxyl groups is 1. The maximum Gasteiger partial charge on any atom is 0.491 e. The highest BCUT2D eigenvalue weighted by atomic mass is 19.1. The van der Waals surface area contributed by atoms with Crippen LogP contribution < -0.4 is 15.7 Å². The van der Waals surface area contributed by atoms with E-state index in [9.17, 15) is 19.2 Å². The second-order valence-corrected chi connectivity index (χ2v) is 6.65. The van der Waals surface area contributed by atoms with Gasteiger partial charge in [-0.15, -0.1) is 0 Å². The average Bonchev–Trinajstić information content (AvgIpc) is 3.30. The van der Waals surface area contributed by atoms with Crippen LogP contribution in [0.4, 0.5) is 4.39 Å². The fourth-order valence-corrected chi connectivity index (χ4v) is 3.00. The number of Topliss-reactive ketones (excluding diaryl/α,β-unsaturated/α-hetero) is 1. The molecule has 2 aromatic rings. The molecular weight excluding hydrogens is 393 g/mol. The summed E-state index contributed by atoms with van der Waals surface area (Å²) in [5, 5.41) is 27.7. The molecule has 2 aliphatic heterocycles. The lowest BCUT2D eigenvalue weighted by molar-refractivity contribution is -0.121. The molecule has 2 heterocycles. The first-order valence-electron chi connectivity index (χ1n) is 10.1. The summed E-state index contributed by atoms with van der Waals surface area (Å²) in [4.78, 5) is 11.3. The lowest BCUT2D eigenvalue weighted by atomic mass is 9.79. The van der Waals surface area contributed by atoms with Crippen molar-refractivity contribution >= 4 is 30.9 Å². The van der Waals surface area contributed by atoms with Crippen molar-refractivity contribution in [3.8, 4) is 11.5 Å². The minimum Gasteiger partial charge on any atom is -0.508 e. The third kappa shape index (κ3) is 6.30. The van der Waals surface area contributed by atoms with E-state index < -0.39 is 21.4 Å². The second kappa shape index (κ2) is 11.7. The summed E-state index contributed by atoms with van der Waals surface area (Å²) < 4.78 is 30.9. The third-order valence-electron chi connectivity index (χ3n) is 4.50. The molecule has 0 spiro atoms. The van der Waals surface area contributed by atoms with Gasteiger partial charge in [0.15, 0.2) is 5.78 Å². The number of phenolic OH excluding ortho intramolecular Hbond substituents is 1. The molecule has 3 N–H and O–H groups in total. The molecule has 0 saturated heterocycles. The number of phenols is 1. The molecule has 7 nitrogen and oxygen atoms in total. The smallest absolute Gasteiger partial charge is 0.491 e. The zero-order valence-electron chi connectivity index (χ0n) is 17.7. The quantitative estimate of drug-likeness (QED) is 0.618. The Hall–Kier alpha value is -2.39. The Bertz CT molecular complexity index is 871. The standard InChI is InChI=1S/C12H15BO4.C7H7BO3.CH3F/c1-2-3-10(14)8-16-11-5-4-9-7-17-13(15)12(9)6-11;9-6-2-1-5-4-11-8(10)7(5)3-6;1-2/h4-6,15H,2-3,7-8H2,1H3;1-3,9-10H,4H2;1H3/i;;1D. The summed E-state index contributed by atoms with van der Waals surface area (Å²) in [5.41, 5.74) is 3.30. The highest BCUT2D eigenvalue weighted by Gasteiger charge is 2.28. The van der Waals surface area contributed by atoms with Gasteiger partial charge >= 0.3 is 14.2 Å². The van der Waals surface area contributed by atoms with Crippen LogP contribution in [0.5, 0.6) is 11.5 Å². The SMILES string of the molecule is CCCC(=O)COc1ccc2c(c1)B(O)OC2.OB1OCc2ccc(O)cc21.[2H]CF. The number of halogens is 1. The number of carbonyl (C=O) groups excluding carboxylic acids is 1. The molecule has 0 radical (unpaired) electrons. The van der Waals surface area contributed by atoms with Gasteiger partial charge in [-0.3, -0.25) is 9.18 Å². The lowest BCUT2D eigenvalue weighted by Crippen LogP contribution is -2.28. The fraction of sp³-hybridized carbons (Fsp3) is 0.350. The molecule has 30 heavy (non-hydrogen) atoms. The summed E-state index contributed by atoms with van der Waals surface area (Å²) >= 11 is 0. The topological polar surface area (TPSA) is 105 Å². The van der Waals surface area contributed by atoms with E-state index in [1.165, 1.54) is 6.07 Å². The molecule has 160 valence electrons. The zero-order valence-corrected chi connectivity index (χ0v) is 16.7. The predicted octanol–water partition coefficient (Wildman–Crippen LogP) is 0.848. The first kappa shape index (κ1) is 22.3. The number of hydrogen-bond donors (Lipinski definition) is 3. The number of benzene rings is 2. The normalized spacial score (nSPS) is 13.9. The minimum absolute atomic E-state index is 0.0869. The Morgan fingerprint density at radius 3 is 2.30 bits per heavy atom. The van der Waals surface area contributed by atoms with Crippen LogP contribution in [-0.2, 0) is 27.3 Å². The first-order valence-corrected chi connectivity index (χ1v) is 9.43. The molecule has 10 heteroatoms. The van der Waals surface area contributed by atoms with E-state index in [0.717, 1.165) is 23.0 Å². The van der Waals surface area contributed by atoms with Crippen LogP contribution in [0.15, 0.2) is 36.4 Å². The molecule has 0 unspecified atom stereocenters. The second-order valence-electron chi connectivity index (χ2n) is 6.65. The van der Waals surface area contributed by atoms with Crippen molar-refractivity contribution in [2.75, 3.05) is 13.8 Å². The Kier molecular flexibility index (Phi) is 8.70. The summed E-state index contributed by atoms with van der Waals surface area (Å²) in [5.74, 6) is 0.843. The van der Waals surface area contributed by atoms with Gasteiger partial charge in [-0.2, -0.15) is 0 Å². The molecule has 2 aliphatic rings. The van der Waals surface area contributed by atoms with Crippen molar-refractivity contribution in [2.45, 2.75) is 33.0 Å². The molecule has 0 bridgehead atoms. The van der Waals surface area contributed by atoms with Gasteiger partial charge in [-0.1, -0.05) is 19.1 Å². The van der Waals surface area contributed by atoms with Crippen molar-refractivity contribution < 1.29 is 39.8 Å². The minimum atomic E-state index is -1.00. The molecular formula is C20H25B2FO7. The van der Waals surface area contributed by atoms with Crippen LogP contribution in [0.1, 0.15) is 32.3 Å². The van der Waals surface area contributed by atoms with Gasteiger partial charge in [0.05, 0.1) is 21.7 Å². The largest absolute Gasteiger partial charge is 0.508 e. The zero-order chi connectivity index (χ0) is 22.8. The summed E-state index contributed by atoms with van der Waals surface area (Å²) in [6.07, 6.45) is 1.37. The van der Waals surface area contributed by atoms with Crippen molar-refractivity contribution in [1.29, 1.82) is 0 Å². The number of fused-ring (bicyclic) bond motifs is 2. The van der Waals surface area contributed by atoms with Gasteiger partial charge in [-0.05, 0) is 52.7 Å². The molecule has 0 aliphatic carbocycles. The van der Waals surface area contributed by atoms with Crippen LogP contribution in [-0.4, -0.2) is 48.9 Å². The van der Waals surface area contributed by atoms with Gasteiger partial charge in [0.2, 0.25) is 0 Å². The Morgan fingerprint density at radius 2 is 1.70 bits per heavy atom. The molecule has 0 fully saturated rings. The van der Waals surface area contributed by atoms with Crippen LogP contribution in [0, 0.1) is 0 Å². The number of carbonyl (C=O) groups is 1. The monoisotopic (exact) mass is 419 g/mol. The third-order valence-corrected chi connectivity index (χ3v) is 4.50. The lowest BCUT2D eigenvalue weighted by Gasteiger charge is -2.06. The highest BCUT2D eigenvalue weighted by molar-refractivity contribution is 6.62. The van der Waals surface area contributed by atoms with Gasteiger partial charge < -0.3 is 29.2 Å². The van der Waals surface area contributed by atoms with Crippen molar-refractivity contribution in [1.82, 2.24) is 0 Å². The molecule has 0 saturated carbocycles. The highest BCUT2D eigenvalue weighted by Crippen LogP contribution is 2.16. The number of rotatable bonds is 5. The molecule has 4 rings (SSSR count). The maximum absolute atomic E-state index is 11.3. The molecule has 2 aromatic carbocycles. The van der Waals surface area contributed by atoms with Gasteiger partial charge in [0.1, 0.15) is 18.1 Å². The van der Waals surface area contributed by atoms with Crippen LogP contribution in [0.3, 0.4) is 0 Å². The van der Waals surface area contributed by atoms with Crippen LogP contribution in [0.2, 0.25) is 0 Å².